The van der Waals surface area contributed by atoms with Crippen LogP contribution >= 0.6 is 11.6 Å². The SMILES string of the molecule is COc1ccc(C)cc1C(C)Nc1c(F)cccc1Cl. The molecule has 2 aromatic rings. The second-order valence-electron chi connectivity index (χ2n) is 4.71. The second kappa shape index (κ2) is 6.14. The molecule has 1 N–H and O–H groups in total. The maximum Gasteiger partial charge on any atom is 0.147 e. The molecule has 20 heavy (non-hydrogen) atoms. The summed E-state index contributed by atoms with van der Waals surface area (Å²) < 4.78 is 19.2. The molecule has 1 unspecified atom stereocenters. The Bertz CT molecular complexity index is 595. The normalized spacial score (nSPS) is 12.1. The number of para-hydroxylation sites is 1. The highest BCUT2D eigenvalue weighted by Crippen LogP contribution is 2.32. The number of benzene rings is 2. The van der Waals surface area contributed by atoms with Gasteiger partial charge in [0.1, 0.15) is 11.6 Å². The lowest BCUT2D eigenvalue weighted by molar-refractivity contribution is 0.407. The highest BCUT2D eigenvalue weighted by molar-refractivity contribution is 6.33. The third-order valence-corrected chi connectivity index (χ3v) is 3.49. The van der Waals surface area contributed by atoms with E-state index in [1.54, 1.807) is 19.2 Å². The van der Waals surface area contributed by atoms with Gasteiger partial charge < -0.3 is 10.1 Å². The third kappa shape index (κ3) is 3.05. The van der Waals surface area contributed by atoms with Crippen molar-refractivity contribution in [2.24, 2.45) is 0 Å². The molecule has 0 amide bonds. The molecule has 2 rings (SSSR count). The van der Waals surface area contributed by atoms with Crippen LogP contribution in [-0.4, -0.2) is 7.11 Å². The van der Waals surface area contributed by atoms with E-state index in [0.29, 0.717) is 10.7 Å². The number of ether oxygens (including phenoxy) is 1. The van der Waals surface area contributed by atoms with E-state index in [0.717, 1.165) is 16.9 Å². The van der Waals surface area contributed by atoms with Crippen molar-refractivity contribution in [2.75, 3.05) is 12.4 Å². The zero-order valence-electron chi connectivity index (χ0n) is 11.7. The molecule has 0 fully saturated rings. The van der Waals surface area contributed by atoms with Gasteiger partial charge in [0.2, 0.25) is 0 Å². The van der Waals surface area contributed by atoms with E-state index < -0.39 is 0 Å². The number of halogens is 2. The minimum atomic E-state index is -0.365. The van der Waals surface area contributed by atoms with Gasteiger partial charge in [0.15, 0.2) is 0 Å². The van der Waals surface area contributed by atoms with Gasteiger partial charge in [-0.3, -0.25) is 0 Å². The van der Waals surface area contributed by atoms with Gasteiger partial charge in [-0.2, -0.15) is 0 Å². The van der Waals surface area contributed by atoms with Gasteiger partial charge in [-0.1, -0.05) is 35.4 Å². The minimum Gasteiger partial charge on any atom is -0.496 e. The van der Waals surface area contributed by atoms with Crippen molar-refractivity contribution in [3.8, 4) is 5.75 Å². The van der Waals surface area contributed by atoms with Crippen molar-refractivity contribution in [1.29, 1.82) is 0 Å². The quantitative estimate of drug-likeness (QED) is 0.859. The van der Waals surface area contributed by atoms with Gasteiger partial charge in [-0.15, -0.1) is 0 Å². The fourth-order valence-corrected chi connectivity index (χ4v) is 2.34. The third-order valence-electron chi connectivity index (χ3n) is 3.18. The molecule has 106 valence electrons. The van der Waals surface area contributed by atoms with Crippen molar-refractivity contribution in [2.45, 2.75) is 19.9 Å². The lowest BCUT2D eigenvalue weighted by atomic mass is 10.0. The van der Waals surface area contributed by atoms with E-state index in [9.17, 15) is 4.39 Å². The van der Waals surface area contributed by atoms with Gasteiger partial charge in [0.05, 0.1) is 23.9 Å². The predicted molar refractivity (Wildman–Crippen MR) is 81.2 cm³/mol. The Morgan fingerprint density at radius 2 is 2.00 bits per heavy atom. The summed E-state index contributed by atoms with van der Waals surface area (Å²) in [5.41, 5.74) is 2.39. The average Bonchev–Trinajstić information content (AvgIpc) is 2.43. The molecule has 0 heterocycles. The Labute approximate surface area is 123 Å². The molecule has 2 aromatic carbocycles. The van der Waals surface area contributed by atoms with E-state index in [1.807, 2.05) is 32.0 Å². The fraction of sp³-hybridized carbons (Fsp3) is 0.250. The number of hydrogen-bond acceptors (Lipinski definition) is 2. The highest BCUT2D eigenvalue weighted by atomic mass is 35.5. The summed E-state index contributed by atoms with van der Waals surface area (Å²) in [5.74, 6) is 0.402. The van der Waals surface area contributed by atoms with Crippen LogP contribution in [0.4, 0.5) is 10.1 Å². The summed E-state index contributed by atoms with van der Waals surface area (Å²) in [6.07, 6.45) is 0. The lowest BCUT2D eigenvalue weighted by Crippen LogP contribution is -2.10. The van der Waals surface area contributed by atoms with Crippen molar-refractivity contribution < 1.29 is 9.13 Å². The number of hydrogen-bond donors (Lipinski definition) is 1. The summed E-state index contributed by atoms with van der Waals surface area (Å²) in [6.45, 7) is 3.95. The van der Waals surface area contributed by atoms with Crippen LogP contribution in [0.25, 0.3) is 0 Å². The second-order valence-corrected chi connectivity index (χ2v) is 5.12. The highest BCUT2D eigenvalue weighted by Gasteiger charge is 2.15. The van der Waals surface area contributed by atoms with Crippen molar-refractivity contribution in [1.82, 2.24) is 0 Å². The number of methoxy groups -OCH3 is 1. The van der Waals surface area contributed by atoms with Gasteiger partial charge in [0.25, 0.3) is 0 Å². The Kier molecular flexibility index (Phi) is 4.50. The van der Waals surface area contributed by atoms with Crippen LogP contribution in [0.3, 0.4) is 0 Å². The first-order valence-corrected chi connectivity index (χ1v) is 6.76. The smallest absolute Gasteiger partial charge is 0.147 e. The lowest BCUT2D eigenvalue weighted by Gasteiger charge is -2.20. The molecule has 0 saturated carbocycles. The monoisotopic (exact) mass is 293 g/mol. The van der Waals surface area contributed by atoms with Crippen LogP contribution in [-0.2, 0) is 0 Å². The summed E-state index contributed by atoms with van der Waals surface area (Å²) in [4.78, 5) is 0. The summed E-state index contributed by atoms with van der Waals surface area (Å²) in [5, 5.41) is 3.47. The Hall–Kier alpha value is -1.74. The average molecular weight is 294 g/mol. The van der Waals surface area contributed by atoms with E-state index in [1.165, 1.54) is 6.07 Å². The van der Waals surface area contributed by atoms with E-state index in [2.05, 4.69) is 5.32 Å². The van der Waals surface area contributed by atoms with Gasteiger partial charge in [0, 0.05) is 5.56 Å². The molecule has 0 aliphatic carbocycles. The van der Waals surface area contributed by atoms with Crippen molar-refractivity contribution in [3.63, 3.8) is 0 Å². The fourth-order valence-electron chi connectivity index (χ4n) is 2.12. The van der Waals surface area contributed by atoms with Crippen LogP contribution in [0.1, 0.15) is 24.1 Å². The first kappa shape index (κ1) is 14.7. The summed E-state index contributed by atoms with van der Waals surface area (Å²) in [7, 11) is 1.62. The number of anilines is 1. The zero-order chi connectivity index (χ0) is 14.7. The van der Waals surface area contributed by atoms with Gasteiger partial charge in [-0.25, -0.2) is 4.39 Å². The van der Waals surface area contributed by atoms with E-state index in [-0.39, 0.29) is 11.9 Å². The summed E-state index contributed by atoms with van der Waals surface area (Å²) in [6, 6.07) is 10.4. The Morgan fingerprint density at radius 1 is 1.25 bits per heavy atom. The Morgan fingerprint density at radius 3 is 2.65 bits per heavy atom. The van der Waals surface area contributed by atoms with Crippen molar-refractivity contribution >= 4 is 17.3 Å². The standard InChI is InChI=1S/C16H17ClFNO/c1-10-7-8-15(20-3)12(9-10)11(2)19-16-13(17)5-4-6-14(16)18/h4-9,11,19H,1-3H3. The molecule has 0 bridgehead atoms. The molecule has 4 heteroatoms. The van der Waals surface area contributed by atoms with Gasteiger partial charge in [-0.05, 0) is 32.0 Å². The number of rotatable bonds is 4. The van der Waals surface area contributed by atoms with Crippen molar-refractivity contribution in [3.05, 3.63) is 58.4 Å². The molecule has 2 nitrogen and oxygen atoms in total. The topological polar surface area (TPSA) is 21.3 Å². The molecule has 0 aliphatic rings. The molecule has 1 atom stereocenters. The molecule has 0 spiro atoms. The molecular formula is C16H17ClFNO. The van der Waals surface area contributed by atoms with E-state index in [4.69, 9.17) is 16.3 Å². The maximum atomic E-state index is 13.8. The van der Waals surface area contributed by atoms with Crippen LogP contribution in [0, 0.1) is 12.7 Å². The molecule has 0 aromatic heterocycles. The summed E-state index contributed by atoms with van der Waals surface area (Å²) >= 11 is 6.03. The molecule has 0 aliphatic heterocycles. The number of nitrogens with one attached hydrogen (secondary N) is 1. The maximum absolute atomic E-state index is 13.8. The van der Waals surface area contributed by atoms with Gasteiger partial charge >= 0.3 is 0 Å². The molecule has 0 saturated heterocycles. The first-order chi connectivity index (χ1) is 9.52. The van der Waals surface area contributed by atoms with Crippen LogP contribution in [0.5, 0.6) is 5.75 Å². The molecular weight excluding hydrogens is 277 g/mol. The Balaban J connectivity index is 2.33. The van der Waals surface area contributed by atoms with E-state index >= 15 is 0 Å². The van der Waals surface area contributed by atoms with Crippen LogP contribution in [0.15, 0.2) is 36.4 Å². The van der Waals surface area contributed by atoms with Crippen LogP contribution in [0.2, 0.25) is 5.02 Å². The molecule has 0 radical (unpaired) electrons. The minimum absolute atomic E-state index is 0.126. The number of aryl methyl sites for hydroxylation is 1. The predicted octanol–water partition coefficient (Wildman–Crippen LogP) is 4.97. The zero-order valence-corrected chi connectivity index (χ0v) is 12.5. The largest absolute Gasteiger partial charge is 0.496 e. The van der Waals surface area contributed by atoms with Crippen LogP contribution < -0.4 is 10.1 Å². The first-order valence-electron chi connectivity index (χ1n) is 6.38.